The van der Waals surface area contributed by atoms with Gasteiger partial charge in [-0.3, -0.25) is 4.79 Å². The Balaban J connectivity index is 1.34. The lowest BCUT2D eigenvalue weighted by atomic mass is 10.1. The van der Waals surface area contributed by atoms with Crippen LogP contribution in [0.1, 0.15) is 27.2 Å². The van der Waals surface area contributed by atoms with Crippen molar-refractivity contribution < 1.29 is 14.2 Å². The molecule has 0 unspecified atom stereocenters. The van der Waals surface area contributed by atoms with Crippen molar-refractivity contribution >= 4 is 17.9 Å². The summed E-state index contributed by atoms with van der Waals surface area (Å²) in [5, 5.41) is 19.6. The molecule has 2 aromatic heterocycles. The minimum Gasteiger partial charge on any atom is -0.489 e. The first kappa shape index (κ1) is 23.4. The summed E-state index contributed by atoms with van der Waals surface area (Å²) in [6.45, 7) is 2.41. The average molecular weight is 495 g/mol. The lowest BCUT2D eigenvalue weighted by Crippen LogP contribution is -2.19. The minimum atomic E-state index is -0.565. The Morgan fingerprint density at radius 1 is 1.08 bits per heavy atom. The summed E-state index contributed by atoms with van der Waals surface area (Å²) in [5.41, 5.74) is 12.3. The van der Waals surface area contributed by atoms with Gasteiger partial charge in [0.15, 0.2) is 5.69 Å². The van der Waals surface area contributed by atoms with Gasteiger partial charge in [0.25, 0.3) is 5.91 Å². The number of nitrogen functional groups attached to an aromatic ring is 1. The summed E-state index contributed by atoms with van der Waals surface area (Å²) in [4.78, 5) is 13.0. The highest BCUT2D eigenvalue weighted by Gasteiger charge is 2.25. The van der Waals surface area contributed by atoms with E-state index in [4.69, 9.17) is 15.1 Å². The molecule has 1 amide bonds. The van der Waals surface area contributed by atoms with Gasteiger partial charge in [0.2, 0.25) is 11.6 Å². The number of amides is 1. The van der Waals surface area contributed by atoms with Gasteiger partial charge in [-0.2, -0.15) is 9.78 Å². The van der Waals surface area contributed by atoms with Crippen LogP contribution in [0.3, 0.4) is 0 Å². The average Bonchev–Trinajstić information content (AvgIpc) is 3.55. The van der Waals surface area contributed by atoms with Crippen molar-refractivity contribution in [2.75, 3.05) is 5.73 Å². The van der Waals surface area contributed by atoms with Gasteiger partial charge >= 0.3 is 0 Å². The van der Waals surface area contributed by atoms with E-state index in [1.54, 1.807) is 0 Å². The molecule has 37 heavy (non-hydrogen) atoms. The van der Waals surface area contributed by atoms with Crippen LogP contribution in [0.2, 0.25) is 0 Å². The molecule has 0 saturated heterocycles. The van der Waals surface area contributed by atoms with Crippen molar-refractivity contribution in [1.29, 1.82) is 0 Å². The molecule has 0 spiro atoms. The van der Waals surface area contributed by atoms with Crippen LogP contribution in [0.5, 0.6) is 5.75 Å². The first-order valence-electron chi connectivity index (χ1n) is 11.3. The summed E-state index contributed by atoms with van der Waals surface area (Å²) in [6.07, 6.45) is 1.52. The SMILES string of the molecule is Cc1ccc(-c2c(C(=O)N/N=C/c3cccc(OCc4ccccc4)c3)nnn2-c2nonc2N)cc1. The van der Waals surface area contributed by atoms with Crippen molar-refractivity contribution in [3.05, 3.63) is 101 Å². The van der Waals surface area contributed by atoms with Gasteiger partial charge in [-0.15, -0.1) is 5.10 Å². The highest BCUT2D eigenvalue weighted by molar-refractivity contribution is 5.98. The molecular weight excluding hydrogens is 472 g/mol. The molecule has 11 heteroatoms. The van der Waals surface area contributed by atoms with Crippen molar-refractivity contribution in [3.63, 3.8) is 0 Å². The van der Waals surface area contributed by atoms with Gasteiger partial charge in [0.1, 0.15) is 18.1 Å². The molecule has 3 N–H and O–H groups in total. The van der Waals surface area contributed by atoms with Gasteiger partial charge < -0.3 is 10.5 Å². The Labute approximate surface area is 211 Å². The lowest BCUT2D eigenvalue weighted by molar-refractivity contribution is 0.0950. The van der Waals surface area contributed by atoms with Crippen molar-refractivity contribution in [2.24, 2.45) is 5.10 Å². The minimum absolute atomic E-state index is 0.0117. The third kappa shape index (κ3) is 5.35. The van der Waals surface area contributed by atoms with Crippen LogP contribution in [-0.2, 0) is 6.61 Å². The number of ether oxygens (including phenoxy) is 1. The zero-order chi connectivity index (χ0) is 25.6. The van der Waals surface area contributed by atoms with Crippen LogP contribution in [-0.4, -0.2) is 37.4 Å². The highest BCUT2D eigenvalue weighted by atomic mass is 16.6. The number of nitrogens with two attached hydrogens (primary N) is 1. The Bertz CT molecular complexity index is 1540. The van der Waals surface area contributed by atoms with E-state index in [2.05, 4.69) is 31.2 Å². The van der Waals surface area contributed by atoms with Gasteiger partial charge in [-0.25, -0.2) is 10.1 Å². The maximum atomic E-state index is 13.0. The van der Waals surface area contributed by atoms with Crippen LogP contribution in [0.25, 0.3) is 17.1 Å². The number of aromatic nitrogens is 5. The van der Waals surface area contributed by atoms with E-state index in [-0.39, 0.29) is 17.3 Å². The van der Waals surface area contributed by atoms with Gasteiger partial charge in [0.05, 0.1) is 6.21 Å². The van der Waals surface area contributed by atoms with Crippen molar-refractivity contribution in [3.8, 4) is 22.8 Å². The van der Waals surface area contributed by atoms with Gasteiger partial charge in [0, 0.05) is 5.56 Å². The Kier molecular flexibility index (Phi) is 6.66. The number of benzene rings is 3. The molecule has 184 valence electrons. The number of nitrogens with zero attached hydrogens (tertiary/aromatic N) is 6. The summed E-state index contributed by atoms with van der Waals surface area (Å²) >= 11 is 0. The molecule has 0 fully saturated rings. The fourth-order valence-electron chi connectivity index (χ4n) is 3.54. The van der Waals surface area contributed by atoms with Crippen LogP contribution in [0.15, 0.2) is 88.6 Å². The molecule has 0 aliphatic heterocycles. The number of aryl methyl sites for hydroxylation is 1. The molecule has 0 radical (unpaired) electrons. The topological polar surface area (TPSA) is 146 Å². The largest absolute Gasteiger partial charge is 0.489 e. The highest BCUT2D eigenvalue weighted by Crippen LogP contribution is 2.26. The standard InChI is InChI=1S/C26H22N8O3/c1-17-10-12-20(13-11-17)23-22(29-33-34(23)25-24(27)31-37-32-25)26(35)30-28-15-19-8-5-9-21(14-19)36-16-18-6-3-2-4-7-18/h2-15H,16H2,1H3,(H2,27,31)(H,30,35)/b28-15+. The molecule has 0 atom stereocenters. The number of nitrogens with one attached hydrogen (secondary N) is 1. The van der Waals surface area contributed by atoms with E-state index in [0.717, 1.165) is 16.7 Å². The van der Waals surface area contributed by atoms with Gasteiger partial charge in [-0.05, 0) is 40.5 Å². The van der Waals surface area contributed by atoms with E-state index < -0.39 is 5.91 Å². The number of hydrogen-bond acceptors (Lipinski definition) is 9. The quantitative estimate of drug-likeness (QED) is 0.246. The van der Waals surface area contributed by atoms with E-state index in [9.17, 15) is 4.79 Å². The second-order valence-electron chi connectivity index (χ2n) is 8.08. The number of rotatable bonds is 8. The van der Waals surface area contributed by atoms with Crippen LogP contribution >= 0.6 is 0 Å². The fourth-order valence-corrected chi connectivity index (χ4v) is 3.54. The third-order valence-corrected chi connectivity index (χ3v) is 5.39. The number of hydrogen-bond donors (Lipinski definition) is 2. The maximum Gasteiger partial charge on any atom is 0.294 e. The Morgan fingerprint density at radius 3 is 2.65 bits per heavy atom. The monoisotopic (exact) mass is 494 g/mol. The molecule has 0 aliphatic carbocycles. The molecule has 11 nitrogen and oxygen atoms in total. The van der Waals surface area contributed by atoms with E-state index in [0.29, 0.717) is 23.6 Å². The van der Waals surface area contributed by atoms with Crippen LogP contribution in [0.4, 0.5) is 5.82 Å². The molecule has 0 aliphatic rings. The summed E-state index contributed by atoms with van der Waals surface area (Å²) in [6, 6.07) is 24.8. The molecule has 2 heterocycles. The maximum absolute atomic E-state index is 13.0. The number of carbonyl (C=O) groups excluding carboxylic acids is 1. The normalized spacial score (nSPS) is 11.1. The predicted molar refractivity (Wildman–Crippen MR) is 136 cm³/mol. The van der Waals surface area contributed by atoms with Crippen LogP contribution < -0.4 is 15.9 Å². The molecular formula is C26H22N8O3. The Morgan fingerprint density at radius 2 is 1.89 bits per heavy atom. The first-order chi connectivity index (χ1) is 18.1. The first-order valence-corrected chi connectivity index (χ1v) is 11.3. The smallest absolute Gasteiger partial charge is 0.294 e. The van der Waals surface area contributed by atoms with E-state index in [1.165, 1.54) is 10.9 Å². The molecule has 3 aromatic carbocycles. The lowest BCUT2D eigenvalue weighted by Gasteiger charge is -2.07. The number of carbonyl (C=O) groups is 1. The second kappa shape index (κ2) is 10.5. The zero-order valence-electron chi connectivity index (χ0n) is 19.8. The summed E-state index contributed by atoms with van der Waals surface area (Å²) < 4.78 is 11.9. The third-order valence-electron chi connectivity index (χ3n) is 5.39. The zero-order valence-corrected chi connectivity index (χ0v) is 19.8. The van der Waals surface area contributed by atoms with Crippen molar-refractivity contribution in [1.82, 2.24) is 30.7 Å². The summed E-state index contributed by atoms with van der Waals surface area (Å²) in [5.74, 6) is 0.252. The Hall–Kier alpha value is -5.32. The van der Waals surface area contributed by atoms with Crippen molar-refractivity contribution in [2.45, 2.75) is 13.5 Å². The molecule has 0 bridgehead atoms. The number of anilines is 1. The molecule has 5 aromatic rings. The van der Waals surface area contributed by atoms with E-state index in [1.807, 2.05) is 85.8 Å². The van der Waals surface area contributed by atoms with E-state index >= 15 is 0 Å². The summed E-state index contributed by atoms with van der Waals surface area (Å²) in [7, 11) is 0. The number of hydrazone groups is 1. The molecule has 5 rings (SSSR count). The van der Waals surface area contributed by atoms with Crippen LogP contribution in [0, 0.1) is 6.92 Å². The van der Waals surface area contributed by atoms with Gasteiger partial charge in [-0.1, -0.05) is 77.5 Å². The predicted octanol–water partition coefficient (Wildman–Crippen LogP) is 3.55. The fraction of sp³-hybridized carbons (Fsp3) is 0.0769. The second-order valence-corrected chi connectivity index (χ2v) is 8.08. The molecule has 0 saturated carbocycles.